The third-order valence-electron chi connectivity index (χ3n) is 1.57. The first kappa shape index (κ1) is 8.95. The first-order valence-electron chi connectivity index (χ1n) is 4.04. The molecule has 0 aliphatic rings. The standard InChI is InChI=1S/C7H10N6S/c1-13-4-11-6(12-13)3-10-7-9-2-5(8)14-7/h2,4H,3,8H2,1H3,(H,9,10). The topological polar surface area (TPSA) is 81.7 Å². The van der Waals surface area contributed by atoms with Crippen LogP contribution in [0.25, 0.3) is 0 Å². The molecule has 0 spiro atoms. The van der Waals surface area contributed by atoms with Crippen molar-refractivity contribution < 1.29 is 0 Å². The first-order valence-corrected chi connectivity index (χ1v) is 4.85. The minimum absolute atomic E-state index is 0.563. The van der Waals surface area contributed by atoms with E-state index in [1.165, 1.54) is 11.3 Å². The molecule has 6 nitrogen and oxygen atoms in total. The molecule has 0 aliphatic carbocycles. The molecule has 2 aromatic heterocycles. The molecule has 0 saturated heterocycles. The zero-order valence-electron chi connectivity index (χ0n) is 7.64. The van der Waals surface area contributed by atoms with E-state index in [0.717, 1.165) is 11.0 Å². The van der Waals surface area contributed by atoms with Gasteiger partial charge in [0.2, 0.25) is 0 Å². The number of nitrogens with one attached hydrogen (secondary N) is 1. The number of nitrogens with two attached hydrogens (primary N) is 1. The summed E-state index contributed by atoms with van der Waals surface area (Å²) in [4.78, 5) is 8.13. The van der Waals surface area contributed by atoms with Crippen molar-refractivity contribution in [3.63, 3.8) is 0 Å². The van der Waals surface area contributed by atoms with E-state index >= 15 is 0 Å². The van der Waals surface area contributed by atoms with Gasteiger partial charge in [-0.2, -0.15) is 5.10 Å². The highest BCUT2D eigenvalue weighted by Crippen LogP contribution is 2.19. The van der Waals surface area contributed by atoms with Crippen molar-refractivity contribution in [3.8, 4) is 0 Å². The molecule has 2 aromatic rings. The Kier molecular flexibility index (Phi) is 2.32. The van der Waals surface area contributed by atoms with Crippen LogP contribution in [-0.4, -0.2) is 19.7 Å². The first-order chi connectivity index (χ1) is 6.74. The van der Waals surface area contributed by atoms with Gasteiger partial charge >= 0.3 is 0 Å². The molecule has 0 aromatic carbocycles. The minimum Gasteiger partial charge on any atom is -0.389 e. The maximum atomic E-state index is 5.53. The van der Waals surface area contributed by atoms with E-state index in [9.17, 15) is 0 Å². The van der Waals surface area contributed by atoms with Crippen molar-refractivity contribution in [1.29, 1.82) is 0 Å². The summed E-state index contributed by atoms with van der Waals surface area (Å²) in [5, 5.41) is 8.69. The predicted molar refractivity (Wildman–Crippen MR) is 54.9 cm³/mol. The van der Waals surface area contributed by atoms with Crippen LogP contribution in [0, 0.1) is 0 Å². The number of thiazole rings is 1. The Hall–Kier alpha value is -1.63. The van der Waals surface area contributed by atoms with E-state index < -0.39 is 0 Å². The molecule has 0 saturated carbocycles. The van der Waals surface area contributed by atoms with Crippen molar-refractivity contribution in [3.05, 3.63) is 18.3 Å². The number of aryl methyl sites for hydroxylation is 1. The molecule has 0 unspecified atom stereocenters. The Labute approximate surface area is 84.8 Å². The van der Waals surface area contributed by atoms with Crippen LogP contribution >= 0.6 is 11.3 Å². The van der Waals surface area contributed by atoms with E-state index in [2.05, 4.69) is 20.4 Å². The van der Waals surface area contributed by atoms with Crippen LogP contribution in [0.1, 0.15) is 5.82 Å². The van der Waals surface area contributed by atoms with Gasteiger partial charge in [0.1, 0.15) is 11.3 Å². The summed E-state index contributed by atoms with van der Waals surface area (Å²) >= 11 is 1.41. The molecule has 0 aliphatic heterocycles. The molecule has 0 bridgehead atoms. The van der Waals surface area contributed by atoms with Crippen LogP contribution in [0.15, 0.2) is 12.5 Å². The van der Waals surface area contributed by atoms with E-state index in [1.54, 1.807) is 17.2 Å². The molecule has 3 N–H and O–H groups in total. The van der Waals surface area contributed by atoms with Gasteiger partial charge in [-0.3, -0.25) is 4.68 Å². The fraction of sp³-hybridized carbons (Fsp3) is 0.286. The largest absolute Gasteiger partial charge is 0.389 e. The van der Waals surface area contributed by atoms with Gasteiger partial charge in [-0.05, 0) is 0 Å². The van der Waals surface area contributed by atoms with Gasteiger partial charge < -0.3 is 11.1 Å². The second-order valence-corrected chi connectivity index (χ2v) is 3.82. The molecule has 7 heteroatoms. The third kappa shape index (κ3) is 1.99. The Balaban J connectivity index is 1.94. The fourth-order valence-electron chi connectivity index (χ4n) is 0.988. The van der Waals surface area contributed by atoms with Gasteiger partial charge in [-0.15, -0.1) is 0 Å². The highest BCUT2D eigenvalue weighted by Gasteiger charge is 2.01. The van der Waals surface area contributed by atoms with Gasteiger partial charge in [-0.1, -0.05) is 11.3 Å². The van der Waals surface area contributed by atoms with Crippen LogP contribution in [0.5, 0.6) is 0 Å². The Morgan fingerprint density at radius 1 is 1.57 bits per heavy atom. The molecule has 2 rings (SSSR count). The number of rotatable bonds is 3. The van der Waals surface area contributed by atoms with E-state index in [-0.39, 0.29) is 0 Å². The Morgan fingerprint density at radius 3 is 3.00 bits per heavy atom. The zero-order valence-corrected chi connectivity index (χ0v) is 8.45. The number of hydrogen-bond donors (Lipinski definition) is 2. The van der Waals surface area contributed by atoms with Gasteiger partial charge in [-0.25, -0.2) is 9.97 Å². The summed E-state index contributed by atoms with van der Waals surface area (Å²) in [5.41, 5.74) is 5.53. The van der Waals surface area contributed by atoms with Gasteiger partial charge in [0.15, 0.2) is 11.0 Å². The maximum absolute atomic E-state index is 5.53. The summed E-state index contributed by atoms with van der Waals surface area (Å²) in [6.07, 6.45) is 3.28. The number of hydrogen-bond acceptors (Lipinski definition) is 6. The molecule has 74 valence electrons. The van der Waals surface area contributed by atoms with E-state index in [4.69, 9.17) is 5.73 Å². The normalized spacial score (nSPS) is 10.4. The smallest absolute Gasteiger partial charge is 0.184 e. The number of nitrogen functional groups attached to an aromatic ring is 1. The van der Waals surface area contributed by atoms with Crippen LogP contribution in [-0.2, 0) is 13.6 Å². The quantitative estimate of drug-likeness (QED) is 0.769. The van der Waals surface area contributed by atoms with E-state index in [1.807, 2.05) is 7.05 Å². The summed E-state index contributed by atoms with van der Waals surface area (Å²) in [7, 11) is 1.83. The lowest BCUT2D eigenvalue weighted by atomic mass is 10.6. The minimum atomic E-state index is 0.563. The van der Waals surface area contributed by atoms with Crippen molar-refractivity contribution in [1.82, 2.24) is 19.7 Å². The fourth-order valence-corrected chi connectivity index (χ4v) is 1.57. The summed E-state index contributed by atoms with van der Waals surface area (Å²) in [6, 6.07) is 0. The molecule has 0 amide bonds. The van der Waals surface area contributed by atoms with Crippen molar-refractivity contribution in [2.75, 3.05) is 11.1 Å². The second-order valence-electron chi connectivity index (χ2n) is 2.76. The highest BCUT2D eigenvalue weighted by molar-refractivity contribution is 7.19. The number of nitrogens with zero attached hydrogens (tertiary/aromatic N) is 4. The average molecular weight is 210 g/mol. The Morgan fingerprint density at radius 2 is 2.43 bits per heavy atom. The van der Waals surface area contributed by atoms with Gasteiger partial charge in [0.25, 0.3) is 0 Å². The van der Waals surface area contributed by atoms with Crippen LogP contribution < -0.4 is 11.1 Å². The van der Waals surface area contributed by atoms with Crippen LogP contribution in [0.3, 0.4) is 0 Å². The summed E-state index contributed by atoms with van der Waals surface area (Å²) in [6.45, 7) is 0.563. The predicted octanol–water partition coefficient (Wildman–Crippen LogP) is 0.466. The second kappa shape index (κ2) is 3.62. The van der Waals surface area contributed by atoms with Crippen molar-refractivity contribution in [2.24, 2.45) is 7.05 Å². The molecule has 2 heterocycles. The van der Waals surface area contributed by atoms with Crippen molar-refractivity contribution >= 4 is 21.5 Å². The van der Waals surface area contributed by atoms with Crippen LogP contribution in [0.4, 0.5) is 10.1 Å². The van der Waals surface area contributed by atoms with Crippen molar-refractivity contribution in [2.45, 2.75) is 6.54 Å². The molecule has 0 radical (unpaired) electrons. The maximum Gasteiger partial charge on any atom is 0.184 e. The van der Waals surface area contributed by atoms with Gasteiger partial charge in [0.05, 0.1) is 12.7 Å². The third-order valence-corrected chi connectivity index (χ3v) is 2.35. The highest BCUT2D eigenvalue weighted by atomic mass is 32.1. The number of anilines is 2. The lowest BCUT2D eigenvalue weighted by Crippen LogP contribution is -2.01. The molecule has 14 heavy (non-hydrogen) atoms. The lowest BCUT2D eigenvalue weighted by molar-refractivity contribution is 0.747. The summed E-state index contributed by atoms with van der Waals surface area (Å²) in [5.74, 6) is 0.737. The van der Waals surface area contributed by atoms with Crippen LogP contribution in [0.2, 0.25) is 0 Å². The zero-order chi connectivity index (χ0) is 9.97. The number of aromatic nitrogens is 4. The SMILES string of the molecule is Cn1cnc(CNc2ncc(N)s2)n1. The molecular weight excluding hydrogens is 200 g/mol. The molecule has 0 atom stereocenters. The van der Waals surface area contributed by atoms with Gasteiger partial charge in [0, 0.05) is 7.05 Å². The molecule has 0 fully saturated rings. The lowest BCUT2D eigenvalue weighted by Gasteiger charge is -1.96. The van der Waals surface area contributed by atoms with E-state index in [0.29, 0.717) is 11.5 Å². The molecular formula is C7H10N6S. The average Bonchev–Trinajstić information content (AvgIpc) is 2.72. The summed E-state index contributed by atoms with van der Waals surface area (Å²) < 4.78 is 1.66. The monoisotopic (exact) mass is 210 g/mol. The Bertz CT molecular complexity index is 379.